The van der Waals surface area contributed by atoms with Gasteiger partial charge in [0.1, 0.15) is 12.7 Å². The molecule has 1 aromatic heterocycles. The van der Waals surface area contributed by atoms with E-state index in [1.165, 1.54) is 6.33 Å². The van der Waals surface area contributed by atoms with Crippen molar-refractivity contribution in [3.8, 4) is 5.69 Å². The Kier molecular flexibility index (Phi) is 4.67. The van der Waals surface area contributed by atoms with Gasteiger partial charge in [-0.15, -0.1) is 0 Å². The third-order valence-corrected chi connectivity index (χ3v) is 3.70. The Labute approximate surface area is 140 Å². The van der Waals surface area contributed by atoms with Gasteiger partial charge in [-0.25, -0.2) is 9.67 Å². The first kappa shape index (κ1) is 15.9. The molecule has 0 bridgehead atoms. The van der Waals surface area contributed by atoms with Gasteiger partial charge >= 0.3 is 0 Å². The monoisotopic (exact) mass is 321 g/mol. The van der Waals surface area contributed by atoms with Gasteiger partial charge in [-0.05, 0) is 55.4 Å². The topological polar surface area (TPSA) is 71.8 Å². The molecule has 6 heteroatoms. The predicted molar refractivity (Wildman–Crippen MR) is 93.3 cm³/mol. The number of aromatic nitrogens is 3. The molecule has 3 rings (SSSR count). The Balaban J connectivity index is 1.79. The normalized spacial score (nSPS) is 10.6. The summed E-state index contributed by atoms with van der Waals surface area (Å²) >= 11 is 0. The number of amides is 1. The minimum absolute atomic E-state index is 0.126. The fourth-order valence-electron chi connectivity index (χ4n) is 2.55. The highest BCUT2D eigenvalue weighted by Crippen LogP contribution is 2.17. The summed E-state index contributed by atoms with van der Waals surface area (Å²) in [6, 6.07) is 13.4. The SMILES string of the molecule is CNCc1cccc(NC(=O)c2ccc(-n3cncn3)cc2C)c1. The van der Waals surface area contributed by atoms with E-state index in [4.69, 9.17) is 0 Å². The summed E-state index contributed by atoms with van der Waals surface area (Å²) in [5.74, 6) is -0.126. The first-order chi connectivity index (χ1) is 11.7. The average Bonchev–Trinajstić information content (AvgIpc) is 3.10. The van der Waals surface area contributed by atoms with Crippen LogP contribution >= 0.6 is 0 Å². The van der Waals surface area contributed by atoms with Crippen LogP contribution < -0.4 is 10.6 Å². The van der Waals surface area contributed by atoms with Crippen molar-refractivity contribution in [2.45, 2.75) is 13.5 Å². The second-order valence-corrected chi connectivity index (χ2v) is 5.52. The van der Waals surface area contributed by atoms with Crippen LogP contribution in [0.15, 0.2) is 55.1 Å². The third-order valence-electron chi connectivity index (χ3n) is 3.70. The lowest BCUT2D eigenvalue weighted by atomic mass is 10.1. The van der Waals surface area contributed by atoms with Gasteiger partial charge in [0.05, 0.1) is 5.69 Å². The van der Waals surface area contributed by atoms with E-state index in [1.54, 1.807) is 17.1 Å². The fraction of sp³-hybridized carbons (Fsp3) is 0.167. The van der Waals surface area contributed by atoms with Crippen LogP contribution in [0.2, 0.25) is 0 Å². The van der Waals surface area contributed by atoms with Crippen molar-refractivity contribution in [1.29, 1.82) is 0 Å². The van der Waals surface area contributed by atoms with Crippen molar-refractivity contribution in [3.05, 3.63) is 71.8 Å². The summed E-state index contributed by atoms with van der Waals surface area (Å²) in [7, 11) is 1.89. The van der Waals surface area contributed by atoms with Gasteiger partial charge in [-0.2, -0.15) is 5.10 Å². The highest BCUT2D eigenvalue weighted by molar-refractivity contribution is 6.05. The number of hydrogen-bond donors (Lipinski definition) is 2. The lowest BCUT2D eigenvalue weighted by Crippen LogP contribution is -2.14. The zero-order valence-corrected chi connectivity index (χ0v) is 13.7. The number of nitrogens with one attached hydrogen (secondary N) is 2. The van der Waals surface area contributed by atoms with E-state index < -0.39 is 0 Å². The van der Waals surface area contributed by atoms with Crippen LogP contribution in [0.5, 0.6) is 0 Å². The van der Waals surface area contributed by atoms with Gasteiger partial charge < -0.3 is 10.6 Å². The number of rotatable bonds is 5. The van der Waals surface area contributed by atoms with Crippen LogP contribution in [0.1, 0.15) is 21.5 Å². The summed E-state index contributed by atoms with van der Waals surface area (Å²) in [5, 5.41) is 10.1. The van der Waals surface area contributed by atoms with Crippen molar-refractivity contribution < 1.29 is 4.79 Å². The number of nitrogens with zero attached hydrogens (tertiary/aromatic N) is 3. The van der Waals surface area contributed by atoms with E-state index in [1.807, 2.05) is 50.4 Å². The molecule has 0 saturated carbocycles. The molecule has 0 fully saturated rings. The maximum absolute atomic E-state index is 12.5. The molecule has 6 nitrogen and oxygen atoms in total. The number of hydrogen-bond acceptors (Lipinski definition) is 4. The van der Waals surface area contributed by atoms with Crippen LogP contribution in [0, 0.1) is 6.92 Å². The Morgan fingerprint density at radius 1 is 1.21 bits per heavy atom. The molecule has 1 heterocycles. The minimum Gasteiger partial charge on any atom is -0.322 e. The van der Waals surface area contributed by atoms with Crippen molar-refractivity contribution >= 4 is 11.6 Å². The van der Waals surface area contributed by atoms with Crippen molar-refractivity contribution in [2.24, 2.45) is 0 Å². The Morgan fingerprint density at radius 2 is 2.08 bits per heavy atom. The zero-order valence-electron chi connectivity index (χ0n) is 13.7. The van der Waals surface area contributed by atoms with E-state index in [-0.39, 0.29) is 5.91 Å². The Hall–Kier alpha value is -2.99. The average molecular weight is 321 g/mol. The highest BCUT2D eigenvalue weighted by atomic mass is 16.1. The van der Waals surface area contributed by atoms with Gasteiger partial charge in [0.15, 0.2) is 0 Å². The van der Waals surface area contributed by atoms with Crippen molar-refractivity contribution in [1.82, 2.24) is 20.1 Å². The molecule has 24 heavy (non-hydrogen) atoms. The standard InChI is InChI=1S/C18H19N5O/c1-13-8-16(23-12-20-11-21-23)6-7-17(13)18(24)22-15-5-3-4-14(9-15)10-19-2/h3-9,11-12,19H,10H2,1-2H3,(H,22,24). The number of anilines is 1. The summed E-state index contributed by atoms with van der Waals surface area (Å²) in [4.78, 5) is 16.5. The molecule has 0 aliphatic heterocycles. The van der Waals surface area contributed by atoms with Crippen LogP contribution in [-0.4, -0.2) is 27.7 Å². The van der Waals surface area contributed by atoms with Gasteiger partial charge in [0, 0.05) is 17.8 Å². The first-order valence-corrected chi connectivity index (χ1v) is 7.68. The van der Waals surface area contributed by atoms with E-state index in [0.29, 0.717) is 5.56 Å². The van der Waals surface area contributed by atoms with Crippen LogP contribution in [0.3, 0.4) is 0 Å². The second-order valence-electron chi connectivity index (χ2n) is 5.52. The molecular formula is C18H19N5O. The molecule has 3 aromatic rings. The summed E-state index contributed by atoms with van der Waals surface area (Å²) in [6.45, 7) is 2.67. The number of carbonyl (C=O) groups is 1. The maximum Gasteiger partial charge on any atom is 0.255 e. The summed E-state index contributed by atoms with van der Waals surface area (Å²) in [6.07, 6.45) is 3.11. The first-order valence-electron chi connectivity index (χ1n) is 7.68. The smallest absolute Gasteiger partial charge is 0.255 e. The lowest BCUT2D eigenvalue weighted by Gasteiger charge is -2.10. The minimum atomic E-state index is -0.126. The molecule has 0 spiro atoms. The third kappa shape index (κ3) is 3.49. The van der Waals surface area contributed by atoms with E-state index in [2.05, 4.69) is 20.7 Å². The molecular weight excluding hydrogens is 302 g/mol. The molecule has 2 N–H and O–H groups in total. The molecule has 0 aliphatic carbocycles. The quantitative estimate of drug-likeness (QED) is 0.757. The molecule has 0 aliphatic rings. The van der Waals surface area contributed by atoms with Gasteiger partial charge in [0.25, 0.3) is 5.91 Å². The van der Waals surface area contributed by atoms with Gasteiger partial charge in [-0.3, -0.25) is 4.79 Å². The fourth-order valence-corrected chi connectivity index (χ4v) is 2.55. The van der Waals surface area contributed by atoms with E-state index in [9.17, 15) is 4.79 Å². The Bertz CT molecular complexity index is 842. The van der Waals surface area contributed by atoms with E-state index in [0.717, 1.165) is 29.0 Å². The second kappa shape index (κ2) is 7.06. The molecule has 0 radical (unpaired) electrons. The molecule has 0 unspecified atom stereocenters. The summed E-state index contributed by atoms with van der Waals surface area (Å²) < 4.78 is 1.66. The van der Waals surface area contributed by atoms with Crippen molar-refractivity contribution in [3.63, 3.8) is 0 Å². The highest BCUT2D eigenvalue weighted by Gasteiger charge is 2.11. The van der Waals surface area contributed by atoms with Crippen LogP contribution in [0.4, 0.5) is 5.69 Å². The largest absolute Gasteiger partial charge is 0.322 e. The summed E-state index contributed by atoms with van der Waals surface area (Å²) in [5.41, 5.74) is 4.29. The number of benzene rings is 2. The van der Waals surface area contributed by atoms with Crippen LogP contribution in [-0.2, 0) is 6.54 Å². The molecule has 1 amide bonds. The molecule has 2 aromatic carbocycles. The predicted octanol–water partition coefficient (Wildman–Crippen LogP) is 2.55. The molecule has 122 valence electrons. The number of aryl methyl sites for hydroxylation is 1. The van der Waals surface area contributed by atoms with Crippen molar-refractivity contribution in [2.75, 3.05) is 12.4 Å². The molecule has 0 atom stereocenters. The zero-order chi connectivity index (χ0) is 16.9. The Morgan fingerprint density at radius 3 is 2.79 bits per heavy atom. The van der Waals surface area contributed by atoms with Gasteiger partial charge in [-0.1, -0.05) is 12.1 Å². The van der Waals surface area contributed by atoms with E-state index >= 15 is 0 Å². The molecule has 0 saturated heterocycles. The number of carbonyl (C=O) groups excluding carboxylic acids is 1. The van der Waals surface area contributed by atoms with Crippen LogP contribution in [0.25, 0.3) is 5.69 Å². The maximum atomic E-state index is 12.5. The lowest BCUT2D eigenvalue weighted by molar-refractivity contribution is 0.102. The van der Waals surface area contributed by atoms with Gasteiger partial charge in [0.2, 0.25) is 0 Å².